The Hall–Kier alpha value is -1.51. The highest BCUT2D eigenvalue weighted by Gasteiger charge is 2.19. The van der Waals surface area contributed by atoms with Gasteiger partial charge in [-0.25, -0.2) is 0 Å². The lowest BCUT2D eigenvalue weighted by atomic mass is 10.2. The molecule has 0 atom stereocenters. The van der Waals surface area contributed by atoms with Crippen LogP contribution in [-0.2, 0) is 0 Å². The second-order valence-electron chi connectivity index (χ2n) is 4.10. The number of primary amides is 1. The van der Waals surface area contributed by atoms with Crippen molar-refractivity contribution in [3.63, 3.8) is 0 Å². The summed E-state index contributed by atoms with van der Waals surface area (Å²) in [5.41, 5.74) is 6.77. The number of carbonyl (C=O) groups excluding carboxylic acids is 1. The molecular formula is C12H16N2O. The topological polar surface area (TPSA) is 55.1 Å². The minimum absolute atomic E-state index is 0.375. The molecule has 0 unspecified atom stereocenters. The lowest BCUT2D eigenvalue weighted by Gasteiger charge is -2.05. The van der Waals surface area contributed by atoms with Crippen molar-refractivity contribution >= 4 is 11.6 Å². The lowest BCUT2D eigenvalue weighted by molar-refractivity contribution is 0.100. The normalized spacial score (nSPS) is 14.9. The van der Waals surface area contributed by atoms with Crippen LogP contribution in [0, 0.1) is 5.92 Å². The standard InChI is InChI=1S/C12H16N2O/c13-12(15)10-3-5-11(6-4-10)14-8-7-9-1-2-9/h3-6,9,14H,1-2,7-8H2,(H2,13,15). The van der Waals surface area contributed by atoms with Crippen molar-refractivity contribution in [2.75, 3.05) is 11.9 Å². The van der Waals surface area contributed by atoms with Crippen LogP contribution in [0.4, 0.5) is 5.69 Å². The number of nitrogens with two attached hydrogens (primary N) is 1. The minimum atomic E-state index is -0.375. The molecule has 3 heteroatoms. The van der Waals surface area contributed by atoms with E-state index in [1.165, 1.54) is 19.3 Å². The molecular weight excluding hydrogens is 188 g/mol. The van der Waals surface area contributed by atoms with Crippen LogP contribution in [0.3, 0.4) is 0 Å². The zero-order valence-electron chi connectivity index (χ0n) is 8.70. The first-order valence-electron chi connectivity index (χ1n) is 5.39. The second kappa shape index (κ2) is 4.34. The summed E-state index contributed by atoms with van der Waals surface area (Å²) in [7, 11) is 0. The van der Waals surface area contributed by atoms with Crippen LogP contribution in [0.5, 0.6) is 0 Å². The molecule has 1 aliphatic rings. The van der Waals surface area contributed by atoms with Gasteiger partial charge in [0.05, 0.1) is 0 Å². The summed E-state index contributed by atoms with van der Waals surface area (Å²) < 4.78 is 0. The maximum Gasteiger partial charge on any atom is 0.248 e. The Bertz CT molecular complexity index is 341. The Labute approximate surface area is 89.7 Å². The highest BCUT2D eigenvalue weighted by atomic mass is 16.1. The van der Waals surface area contributed by atoms with Crippen LogP contribution >= 0.6 is 0 Å². The fourth-order valence-corrected chi connectivity index (χ4v) is 1.58. The van der Waals surface area contributed by atoms with Gasteiger partial charge in [-0.05, 0) is 36.6 Å². The SMILES string of the molecule is NC(=O)c1ccc(NCCC2CC2)cc1. The van der Waals surface area contributed by atoms with Gasteiger partial charge in [0.25, 0.3) is 0 Å². The summed E-state index contributed by atoms with van der Waals surface area (Å²) in [5, 5.41) is 3.33. The van der Waals surface area contributed by atoms with Gasteiger partial charge in [-0.15, -0.1) is 0 Å². The lowest BCUT2D eigenvalue weighted by Crippen LogP contribution is -2.10. The molecule has 80 valence electrons. The molecule has 15 heavy (non-hydrogen) atoms. The molecule has 2 rings (SSSR count). The van der Waals surface area contributed by atoms with Crippen LogP contribution in [0.25, 0.3) is 0 Å². The number of benzene rings is 1. The third kappa shape index (κ3) is 2.98. The van der Waals surface area contributed by atoms with Gasteiger partial charge in [0, 0.05) is 17.8 Å². The van der Waals surface area contributed by atoms with E-state index in [0.29, 0.717) is 5.56 Å². The molecule has 0 heterocycles. The number of amides is 1. The van der Waals surface area contributed by atoms with Crippen LogP contribution < -0.4 is 11.1 Å². The molecule has 1 amide bonds. The number of hydrogen-bond donors (Lipinski definition) is 2. The summed E-state index contributed by atoms with van der Waals surface area (Å²) in [5.74, 6) is 0.571. The number of carbonyl (C=O) groups is 1. The summed E-state index contributed by atoms with van der Waals surface area (Å²) >= 11 is 0. The third-order valence-corrected chi connectivity index (χ3v) is 2.75. The van der Waals surface area contributed by atoms with E-state index in [-0.39, 0.29) is 5.91 Å². The first-order valence-corrected chi connectivity index (χ1v) is 5.39. The first kappa shape index (κ1) is 10.0. The number of rotatable bonds is 5. The van der Waals surface area contributed by atoms with Gasteiger partial charge in [-0.2, -0.15) is 0 Å². The molecule has 0 aliphatic heterocycles. The highest BCUT2D eigenvalue weighted by Crippen LogP contribution is 2.32. The fraction of sp³-hybridized carbons (Fsp3) is 0.417. The van der Waals surface area contributed by atoms with Gasteiger partial charge >= 0.3 is 0 Å². The van der Waals surface area contributed by atoms with Gasteiger partial charge < -0.3 is 11.1 Å². The molecule has 1 saturated carbocycles. The summed E-state index contributed by atoms with van der Waals surface area (Å²) in [4.78, 5) is 10.8. The highest BCUT2D eigenvalue weighted by molar-refractivity contribution is 5.93. The van der Waals surface area contributed by atoms with E-state index >= 15 is 0 Å². The van der Waals surface area contributed by atoms with Gasteiger partial charge in [-0.1, -0.05) is 12.8 Å². The molecule has 0 bridgehead atoms. The molecule has 0 aromatic heterocycles. The van der Waals surface area contributed by atoms with E-state index in [2.05, 4.69) is 5.32 Å². The number of nitrogens with one attached hydrogen (secondary N) is 1. The molecule has 0 spiro atoms. The van der Waals surface area contributed by atoms with Crippen LogP contribution in [0.15, 0.2) is 24.3 Å². The quantitative estimate of drug-likeness (QED) is 0.770. The van der Waals surface area contributed by atoms with Crippen molar-refractivity contribution in [3.8, 4) is 0 Å². The van der Waals surface area contributed by atoms with Gasteiger partial charge in [-0.3, -0.25) is 4.79 Å². The van der Waals surface area contributed by atoms with E-state index in [0.717, 1.165) is 18.2 Å². The van der Waals surface area contributed by atoms with Crippen LogP contribution in [-0.4, -0.2) is 12.5 Å². The van der Waals surface area contributed by atoms with Crippen LogP contribution in [0.1, 0.15) is 29.6 Å². The first-order chi connectivity index (χ1) is 7.25. The van der Waals surface area contributed by atoms with Crippen molar-refractivity contribution in [1.82, 2.24) is 0 Å². The summed E-state index contributed by atoms with van der Waals surface area (Å²) in [6.07, 6.45) is 4.03. The predicted molar refractivity (Wildman–Crippen MR) is 60.8 cm³/mol. The van der Waals surface area contributed by atoms with Gasteiger partial charge in [0.1, 0.15) is 0 Å². The van der Waals surface area contributed by atoms with Crippen molar-refractivity contribution in [2.24, 2.45) is 11.7 Å². The van der Waals surface area contributed by atoms with Crippen molar-refractivity contribution in [1.29, 1.82) is 0 Å². The Balaban J connectivity index is 1.83. The van der Waals surface area contributed by atoms with Gasteiger partial charge in [0.15, 0.2) is 0 Å². The second-order valence-corrected chi connectivity index (χ2v) is 4.10. The molecule has 3 nitrogen and oxygen atoms in total. The summed E-state index contributed by atoms with van der Waals surface area (Å²) in [6.45, 7) is 1.01. The largest absolute Gasteiger partial charge is 0.385 e. The molecule has 1 fully saturated rings. The molecule has 1 aromatic carbocycles. The average Bonchev–Trinajstić information content (AvgIpc) is 3.02. The molecule has 1 aromatic rings. The van der Waals surface area contributed by atoms with Crippen molar-refractivity contribution < 1.29 is 4.79 Å². The molecule has 0 saturated heterocycles. The average molecular weight is 204 g/mol. The zero-order valence-corrected chi connectivity index (χ0v) is 8.70. The number of anilines is 1. The Kier molecular flexibility index (Phi) is 2.90. The predicted octanol–water partition coefficient (Wildman–Crippen LogP) is 2.00. The minimum Gasteiger partial charge on any atom is -0.385 e. The van der Waals surface area contributed by atoms with Crippen molar-refractivity contribution in [2.45, 2.75) is 19.3 Å². The van der Waals surface area contributed by atoms with Crippen LogP contribution in [0.2, 0.25) is 0 Å². The fourth-order valence-electron chi connectivity index (χ4n) is 1.58. The third-order valence-electron chi connectivity index (χ3n) is 2.75. The van der Waals surface area contributed by atoms with E-state index < -0.39 is 0 Å². The number of hydrogen-bond acceptors (Lipinski definition) is 2. The Morgan fingerprint density at radius 1 is 1.33 bits per heavy atom. The van der Waals surface area contributed by atoms with Crippen molar-refractivity contribution in [3.05, 3.63) is 29.8 Å². The zero-order chi connectivity index (χ0) is 10.7. The maximum absolute atomic E-state index is 10.8. The summed E-state index contributed by atoms with van der Waals surface area (Å²) in [6, 6.07) is 7.30. The van der Waals surface area contributed by atoms with E-state index in [1.807, 2.05) is 12.1 Å². The monoisotopic (exact) mass is 204 g/mol. The Morgan fingerprint density at radius 2 is 2.00 bits per heavy atom. The van der Waals surface area contributed by atoms with E-state index in [4.69, 9.17) is 5.73 Å². The molecule has 1 aliphatic carbocycles. The van der Waals surface area contributed by atoms with Gasteiger partial charge in [0.2, 0.25) is 5.91 Å². The molecule has 0 radical (unpaired) electrons. The smallest absolute Gasteiger partial charge is 0.248 e. The van der Waals surface area contributed by atoms with E-state index in [1.54, 1.807) is 12.1 Å². The maximum atomic E-state index is 10.8. The Morgan fingerprint density at radius 3 is 2.53 bits per heavy atom. The molecule has 3 N–H and O–H groups in total. The van der Waals surface area contributed by atoms with E-state index in [9.17, 15) is 4.79 Å².